The number of carbonyl (C=O) groups is 1. The van der Waals surface area contributed by atoms with Gasteiger partial charge >= 0.3 is 5.63 Å². The molecule has 4 aromatic rings. The molecule has 1 aromatic heterocycles. The zero-order valence-corrected chi connectivity index (χ0v) is 16.5. The highest BCUT2D eigenvalue weighted by molar-refractivity contribution is 6.05. The number of amides is 1. The number of nitrogens with one attached hydrogen (secondary N) is 1. The Hall–Kier alpha value is -3.60. The Morgan fingerprint density at radius 2 is 1.62 bits per heavy atom. The third-order valence-corrected chi connectivity index (χ3v) is 4.85. The van der Waals surface area contributed by atoms with Crippen molar-refractivity contribution in [3.05, 3.63) is 81.7 Å². The maximum Gasteiger partial charge on any atom is 0.344 e. The highest BCUT2D eigenvalue weighted by Gasteiger charge is 2.13. The molecule has 5 nitrogen and oxygen atoms in total. The van der Waals surface area contributed by atoms with Crippen LogP contribution in [0.3, 0.4) is 0 Å². The molecule has 0 aliphatic rings. The van der Waals surface area contributed by atoms with Gasteiger partial charge < -0.3 is 14.5 Å². The van der Waals surface area contributed by atoms with Crippen molar-refractivity contribution in [3.8, 4) is 5.75 Å². The lowest BCUT2D eigenvalue weighted by Gasteiger charge is -2.12. The van der Waals surface area contributed by atoms with E-state index in [0.717, 1.165) is 27.6 Å². The van der Waals surface area contributed by atoms with Gasteiger partial charge in [0.2, 0.25) is 0 Å². The molecule has 0 saturated carbocycles. The van der Waals surface area contributed by atoms with Crippen LogP contribution in [0.15, 0.2) is 63.8 Å². The standard InChI is InChI=1S/C24H21NO4/c1-14-10-15(2)12-17(11-14)25-22(26)13-28-21-9-8-19-18-6-4-5-7-20(18)24(27)29-23(19)16(21)3/h4-12H,13H2,1-3H3,(H,25,26). The van der Waals surface area contributed by atoms with Crippen molar-refractivity contribution >= 4 is 33.3 Å². The van der Waals surface area contributed by atoms with Crippen LogP contribution >= 0.6 is 0 Å². The first kappa shape index (κ1) is 18.7. The van der Waals surface area contributed by atoms with Crippen LogP contribution in [0.1, 0.15) is 16.7 Å². The Kier molecular flexibility index (Phi) is 4.80. The number of aryl methyl sites for hydroxylation is 3. The summed E-state index contributed by atoms with van der Waals surface area (Å²) in [6, 6.07) is 16.9. The summed E-state index contributed by atoms with van der Waals surface area (Å²) >= 11 is 0. The summed E-state index contributed by atoms with van der Waals surface area (Å²) < 4.78 is 11.3. The maximum absolute atomic E-state index is 12.3. The lowest BCUT2D eigenvalue weighted by Crippen LogP contribution is -2.20. The summed E-state index contributed by atoms with van der Waals surface area (Å²) in [5.74, 6) is 0.251. The quantitative estimate of drug-likeness (QED) is 0.400. The Balaban J connectivity index is 1.58. The van der Waals surface area contributed by atoms with Crippen LogP contribution in [-0.4, -0.2) is 12.5 Å². The van der Waals surface area contributed by atoms with E-state index in [4.69, 9.17) is 9.15 Å². The van der Waals surface area contributed by atoms with Gasteiger partial charge in [0.1, 0.15) is 11.3 Å². The van der Waals surface area contributed by atoms with Gasteiger partial charge in [0, 0.05) is 16.6 Å². The van der Waals surface area contributed by atoms with Gasteiger partial charge in [-0.15, -0.1) is 0 Å². The molecule has 0 bridgehead atoms. The summed E-state index contributed by atoms with van der Waals surface area (Å²) in [5.41, 5.74) is 3.66. The molecule has 0 aliphatic carbocycles. The number of hydrogen-bond donors (Lipinski definition) is 1. The Bertz CT molecular complexity index is 1280. The van der Waals surface area contributed by atoms with Crippen LogP contribution in [0.5, 0.6) is 5.75 Å². The SMILES string of the molecule is Cc1cc(C)cc(NC(=O)COc2ccc3c(oc(=O)c4ccccc43)c2C)c1. The van der Waals surface area contributed by atoms with E-state index in [2.05, 4.69) is 5.32 Å². The number of rotatable bonds is 4. The smallest absolute Gasteiger partial charge is 0.344 e. The van der Waals surface area contributed by atoms with Gasteiger partial charge in [-0.2, -0.15) is 0 Å². The summed E-state index contributed by atoms with van der Waals surface area (Å²) in [5, 5.41) is 5.06. The van der Waals surface area contributed by atoms with E-state index in [-0.39, 0.29) is 18.1 Å². The molecule has 0 fully saturated rings. The number of anilines is 1. The molecule has 0 saturated heterocycles. The van der Waals surface area contributed by atoms with Crippen molar-refractivity contribution in [2.75, 3.05) is 11.9 Å². The molecule has 3 aromatic carbocycles. The topological polar surface area (TPSA) is 68.5 Å². The third kappa shape index (κ3) is 3.72. The fraction of sp³-hybridized carbons (Fsp3) is 0.167. The van der Waals surface area contributed by atoms with Gasteiger partial charge in [-0.05, 0) is 67.6 Å². The maximum atomic E-state index is 12.3. The van der Waals surface area contributed by atoms with Gasteiger partial charge in [0.25, 0.3) is 5.91 Å². The fourth-order valence-electron chi connectivity index (χ4n) is 3.60. The number of fused-ring (bicyclic) bond motifs is 3. The van der Waals surface area contributed by atoms with Crippen molar-refractivity contribution in [1.82, 2.24) is 0 Å². The predicted octanol–water partition coefficient (Wildman–Crippen LogP) is 4.89. The lowest BCUT2D eigenvalue weighted by molar-refractivity contribution is -0.118. The molecule has 1 heterocycles. The third-order valence-electron chi connectivity index (χ3n) is 4.85. The fourth-order valence-corrected chi connectivity index (χ4v) is 3.60. The molecule has 0 atom stereocenters. The van der Waals surface area contributed by atoms with Gasteiger partial charge in [-0.25, -0.2) is 4.79 Å². The van der Waals surface area contributed by atoms with Crippen molar-refractivity contribution in [3.63, 3.8) is 0 Å². The zero-order chi connectivity index (χ0) is 20.5. The molecule has 1 N–H and O–H groups in total. The van der Waals surface area contributed by atoms with Crippen LogP contribution in [0.25, 0.3) is 21.7 Å². The summed E-state index contributed by atoms with van der Waals surface area (Å²) in [6.07, 6.45) is 0. The second kappa shape index (κ2) is 7.43. The highest BCUT2D eigenvalue weighted by Crippen LogP contribution is 2.30. The van der Waals surface area contributed by atoms with E-state index in [1.165, 1.54) is 0 Å². The van der Waals surface area contributed by atoms with Gasteiger partial charge in [-0.3, -0.25) is 4.79 Å². The highest BCUT2D eigenvalue weighted by atomic mass is 16.5. The largest absolute Gasteiger partial charge is 0.483 e. The monoisotopic (exact) mass is 387 g/mol. The van der Waals surface area contributed by atoms with Crippen LogP contribution in [-0.2, 0) is 4.79 Å². The molecular weight excluding hydrogens is 366 g/mol. The molecule has 0 spiro atoms. The van der Waals surface area contributed by atoms with Gasteiger partial charge in [0.05, 0.1) is 5.39 Å². The van der Waals surface area contributed by atoms with E-state index in [1.54, 1.807) is 12.1 Å². The molecule has 146 valence electrons. The minimum absolute atomic E-state index is 0.142. The molecule has 4 rings (SSSR count). The second-order valence-electron chi connectivity index (χ2n) is 7.21. The average Bonchev–Trinajstić information content (AvgIpc) is 2.67. The van der Waals surface area contributed by atoms with Crippen LogP contribution in [0, 0.1) is 20.8 Å². The normalized spacial score (nSPS) is 11.0. The number of carbonyl (C=O) groups excluding carboxylic acids is 1. The first-order chi connectivity index (χ1) is 13.9. The first-order valence-electron chi connectivity index (χ1n) is 9.38. The van der Waals surface area contributed by atoms with Gasteiger partial charge in [0.15, 0.2) is 6.61 Å². The summed E-state index contributed by atoms with van der Waals surface area (Å²) in [6.45, 7) is 5.64. The number of hydrogen-bond acceptors (Lipinski definition) is 4. The van der Waals surface area contributed by atoms with Crippen molar-refractivity contribution in [2.45, 2.75) is 20.8 Å². The van der Waals surface area contributed by atoms with Crippen molar-refractivity contribution in [1.29, 1.82) is 0 Å². The molecular formula is C24H21NO4. The minimum atomic E-state index is -0.388. The van der Waals surface area contributed by atoms with Crippen LogP contribution in [0.2, 0.25) is 0 Å². The average molecular weight is 387 g/mol. The second-order valence-corrected chi connectivity index (χ2v) is 7.21. The number of benzene rings is 3. The van der Waals surface area contributed by atoms with Crippen molar-refractivity contribution < 1.29 is 13.9 Å². The van der Waals surface area contributed by atoms with Crippen LogP contribution in [0.4, 0.5) is 5.69 Å². The van der Waals surface area contributed by atoms with Gasteiger partial charge in [-0.1, -0.05) is 24.3 Å². The molecule has 1 amide bonds. The zero-order valence-electron chi connectivity index (χ0n) is 16.5. The lowest BCUT2D eigenvalue weighted by atomic mass is 10.0. The molecule has 29 heavy (non-hydrogen) atoms. The van der Waals surface area contributed by atoms with E-state index in [0.29, 0.717) is 22.3 Å². The summed E-state index contributed by atoms with van der Waals surface area (Å²) in [7, 11) is 0. The van der Waals surface area contributed by atoms with E-state index in [1.807, 2.05) is 63.2 Å². The molecule has 5 heteroatoms. The van der Waals surface area contributed by atoms with E-state index < -0.39 is 0 Å². The summed E-state index contributed by atoms with van der Waals surface area (Å²) in [4.78, 5) is 24.6. The van der Waals surface area contributed by atoms with Crippen LogP contribution < -0.4 is 15.7 Å². The predicted molar refractivity (Wildman–Crippen MR) is 115 cm³/mol. The molecule has 0 radical (unpaired) electrons. The molecule has 0 aliphatic heterocycles. The number of ether oxygens (including phenoxy) is 1. The Morgan fingerprint density at radius 1 is 0.931 bits per heavy atom. The van der Waals surface area contributed by atoms with E-state index >= 15 is 0 Å². The van der Waals surface area contributed by atoms with E-state index in [9.17, 15) is 9.59 Å². The first-order valence-corrected chi connectivity index (χ1v) is 9.38. The molecule has 0 unspecified atom stereocenters. The Morgan fingerprint density at radius 3 is 2.34 bits per heavy atom. The minimum Gasteiger partial charge on any atom is -0.483 e. The van der Waals surface area contributed by atoms with Crippen molar-refractivity contribution in [2.24, 2.45) is 0 Å². The Labute approximate surface area is 167 Å².